The molecule has 0 saturated heterocycles. The lowest BCUT2D eigenvalue weighted by molar-refractivity contribution is -0.526. The van der Waals surface area contributed by atoms with Crippen molar-refractivity contribution in [2.75, 3.05) is 0 Å². The number of nitro groups is 1. The van der Waals surface area contributed by atoms with Crippen molar-refractivity contribution in [3.05, 3.63) is 10.1 Å². The molecule has 0 aromatic carbocycles. The van der Waals surface area contributed by atoms with E-state index in [9.17, 15) is 19.7 Å². The highest BCUT2D eigenvalue weighted by molar-refractivity contribution is 5.85. The third kappa shape index (κ3) is 1.13. The van der Waals surface area contributed by atoms with Gasteiger partial charge in [-0.2, -0.15) is 0 Å². The average molecular weight is 230 g/mol. The molecule has 0 bridgehead atoms. The Labute approximate surface area is 89.2 Å². The SMILES string of the molecule is N[C@@]1(C(=O)O)C[C@@H]([N+](=O)[O-])[C@H]2[C@H](C(=O)O)[C@H]21. The molecule has 88 valence electrons. The minimum Gasteiger partial charge on any atom is -0.481 e. The van der Waals surface area contributed by atoms with Gasteiger partial charge in [-0.3, -0.25) is 19.7 Å². The van der Waals surface area contributed by atoms with Gasteiger partial charge in [-0.1, -0.05) is 0 Å². The fourth-order valence-corrected chi connectivity index (χ4v) is 2.86. The van der Waals surface area contributed by atoms with Gasteiger partial charge in [0.25, 0.3) is 0 Å². The van der Waals surface area contributed by atoms with Crippen LogP contribution in [-0.4, -0.2) is 38.7 Å². The molecule has 16 heavy (non-hydrogen) atoms. The molecule has 2 aliphatic rings. The van der Waals surface area contributed by atoms with Gasteiger partial charge in [0.2, 0.25) is 6.04 Å². The molecule has 0 amide bonds. The molecule has 0 aliphatic heterocycles. The van der Waals surface area contributed by atoms with Crippen LogP contribution in [-0.2, 0) is 9.59 Å². The van der Waals surface area contributed by atoms with Crippen molar-refractivity contribution in [3.63, 3.8) is 0 Å². The van der Waals surface area contributed by atoms with Gasteiger partial charge in [0, 0.05) is 23.2 Å². The molecule has 2 fully saturated rings. The summed E-state index contributed by atoms with van der Waals surface area (Å²) >= 11 is 0. The van der Waals surface area contributed by atoms with Crippen LogP contribution < -0.4 is 5.73 Å². The largest absolute Gasteiger partial charge is 0.481 e. The molecule has 8 heteroatoms. The van der Waals surface area contributed by atoms with Crippen molar-refractivity contribution in [2.45, 2.75) is 18.0 Å². The van der Waals surface area contributed by atoms with E-state index in [0.29, 0.717) is 0 Å². The topological polar surface area (TPSA) is 144 Å². The number of nitrogens with zero attached hydrogens (tertiary/aromatic N) is 1. The van der Waals surface area contributed by atoms with Crippen molar-refractivity contribution in [2.24, 2.45) is 23.5 Å². The number of carboxylic acids is 2. The first-order valence-electron chi connectivity index (χ1n) is 4.69. The molecular formula is C8H10N2O6. The van der Waals surface area contributed by atoms with E-state index in [4.69, 9.17) is 15.9 Å². The Kier molecular flexibility index (Phi) is 1.96. The van der Waals surface area contributed by atoms with E-state index in [1.807, 2.05) is 0 Å². The van der Waals surface area contributed by atoms with E-state index in [0.717, 1.165) is 0 Å². The molecular weight excluding hydrogens is 220 g/mol. The van der Waals surface area contributed by atoms with Gasteiger partial charge in [-0.25, -0.2) is 0 Å². The Hall–Kier alpha value is -1.70. The maximum atomic E-state index is 11.0. The second-order valence-electron chi connectivity index (χ2n) is 4.37. The highest BCUT2D eigenvalue weighted by Crippen LogP contribution is 2.62. The van der Waals surface area contributed by atoms with Crippen LogP contribution in [0, 0.1) is 27.9 Å². The molecule has 0 aromatic rings. The molecule has 0 unspecified atom stereocenters. The molecule has 0 aromatic heterocycles. The van der Waals surface area contributed by atoms with Crippen molar-refractivity contribution in [3.8, 4) is 0 Å². The first-order valence-corrected chi connectivity index (χ1v) is 4.69. The quantitative estimate of drug-likeness (QED) is 0.406. The summed E-state index contributed by atoms with van der Waals surface area (Å²) < 4.78 is 0. The Bertz CT molecular complexity index is 396. The van der Waals surface area contributed by atoms with Crippen LogP contribution in [0.3, 0.4) is 0 Å². The summed E-state index contributed by atoms with van der Waals surface area (Å²) in [5, 5.41) is 28.4. The number of carboxylic acid groups (broad SMARTS) is 2. The predicted molar refractivity (Wildman–Crippen MR) is 48.1 cm³/mol. The Morgan fingerprint density at radius 3 is 2.38 bits per heavy atom. The van der Waals surface area contributed by atoms with Gasteiger partial charge in [-0.05, 0) is 0 Å². The first-order chi connectivity index (χ1) is 7.30. The van der Waals surface area contributed by atoms with Gasteiger partial charge in [0.1, 0.15) is 5.54 Å². The lowest BCUT2D eigenvalue weighted by Crippen LogP contribution is -2.51. The maximum absolute atomic E-state index is 11.0. The summed E-state index contributed by atoms with van der Waals surface area (Å²) in [5.74, 6) is -5.13. The summed E-state index contributed by atoms with van der Waals surface area (Å²) in [6.07, 6.45) is -0.297. The van der Waals surface area contributed by atoms with E-state index >= 15 is 0 Å². The second kappa shape index (κ2) is 2.91. The Morgan fingerprint density at radius 2 is 2.00 bits per heavy atom. The monoisotopic (exact) mass is 230 g/mol. The number of hydrogen-bond donors (Lipinski definition) is 3. The summed E-state index contributed by atoms with van der Waals surface area (Å²) in [4.78, 5) is 31.8. The fourth-order valence-electron chi connectivity index (χ4n) is 2.86. The minimum absolute atomic E-state index is 0.297. The van der Waals surface area contributed by atoms with Gasteiger partial charge in [0.05, 0.1) is 5.92 Å². The lowest BCUT2D eigenvalue weighted by Gasteiger charge is -2.21. The average Bonchev–Trinajstić information content (AvgIpc) is 2.81. The summed E-state index contributed by atoms with van der Waals surface area (Å²) in [5.41, 5.74) is 3.80. The van der Waals surface area contributed by atoms with Crippen LogP contribution in [0.4, 0.5) is 0 Å². The van der Waals surface area contributed by atoms with Gasteiger partial charge >= 0.3 is 11.9 Å². The van der Waals surface area contributed by atoms with Crippen molar-refractivity contribution in [1.29, 1.82) is 0 Å². The Morgan fingerprint density at radius 1 is 1.44 bits per heavy atom. The molecule has 2 saturated carbocycles. The smallest absolute Gasteiger partial charge is 0.324 e. The predicted octanol–water partition coefficient (Wildman–Crippen LogP) is -1.24. The summed E-state index contributed by atoms with van der Waals surface area (Å²) in [6.45, 7) is 0. The molecule has 2 aliphatic carbocycles. The number of nitrogens with two attached hydrogens (primary N) is 1. The Balaban J connectivity index is 2.32. The summed E-state index contributed by atoms with van der Waals surface area (Å²) in [6, 6.07) is -1.16. The molecule has 0 radical (unpaired) electrons. The molecule has 5 atom stereocenters. The molecule has 4 N–H and O–H groups in total. The zero-order chi connectivity index (χ0) is 12.2. The van der Waals surface area contributed by atoms with Crippen molar-refractivity contribution >= 4 is 11.9 Å². The van der Waals surface area contributed by atoms with E-state index in [1.54, 1.807) is 0 Å². The molecule has 2 rings (SSSR count). The lowest BCUT2D eigenvalue weighted by atomic mass is 9.90. The molecule has 8 nitrogen and oxygen atoms in total. The third-order valence-corrected chi connectivity index (χ3v) is 3.62. The maximum Gasteiger partial charge on any atom is 0.324 e. The van der Waals surface area contributed by atoms with Crippen LogP contribution in [0.2, 0.25) is 0 Å². The zero-order valence-corrected chi connectivity index (χ0v) is 8.07. The van der Waals surface area contributed by atoms with E-state index in [-0.39, 0.29) is 6.42 Å². The number of aliphatic carboxylic acids is 2. The number of carbonyl (C=O) groups is 2. The first kappa shape index (κ1) is 10.8. The van der Waals surface area contributed by atoms with Crippen LogP contribution in [0.15, 0.2) is 0 Å². The van der Waals surface area contributed by atoms with Crippen LogP contribution in [0.5, 0.6) is 0 Å². The number of rotatable bonds is 3. The standard InChI is InChI=1S/C8H10N2O6/c9-8(7(13)14)1-2(10(15)16)3-4(5(3)8)6(11)12/h2-5H,1,9H2,(H,11,12)(H,13,14)/t2-,3+,4+,5+,8+/m1/s1. The van der Waals surface area contributed by atoms with Crippen LogP contribution in [0.1, 0.15) is 6.42 Å². The summed E-state index contributed by atoms with van der Waals surface area (Å²) in [7, 11) is 0. The van der Waals surface area contributed by atoms with E-state index < -0.39 is 46.2 Å². The molecule has 0 spiro atoms. The van der Waals surface area contributed by atoms with Crippen LogP contribution in [0.25, 0.3) is 0 Å². The van der Waals surface area contributed by atoms with Crippen molar-refractivity contribution in [1.82, 2.24) is 0 Å². The fraction of sp³-hybridized carbons (Fsp3) is 0.750. The van der Waals surface area contributed by atoms with Gasteiger partial charge < -0.3 is 15.9 Å². The molecule has 0 heterocycles. The van der Waals surface area contributed by atoms with E-state index in [2.05, 4.69) is 0 Å². The van der Waals surface area contributed by atoms with Gasteiger partial charge in [-0.15, -0.1) is 0 Å². The second-order valence-corrected chi connectivity index (χ2v) is 4.37. The highest BCUT2D eigenvalue weighted by Gasteiger charge is 2.77. The third-order valence-electron chi connectivity index (χ3n) is 3.62. The van der Waals surface area contributed by atoms with Gasteiger partial charge in [0.15, 0.2) is 0 Å². The van der Waals surface area contributed by atoms with Crippen molar-refractivity contribution < 1.29 is 24.7 Å². The highest BCUT2D eigenvalue weighted by atomic mass is 16.6. The number of fused-ring (bicyclic) bond motifs is 1. The van der Waals surface area contributed by atoms with E-state index in [1.165, 1.54) is 0 Å². The zero-order valence-electron chi connectivity index (χ0n) is 8.07. The minimum atomic E-state index is -1.77. The van der Waals surface area contributed by atoms with Crippen LogP contribution >= 0.6 is 0 Å². The normalized spacial score (nSPS) is 44.8. The number of hydrogen-bond acceptors (Lipinski definition) is 5.